The number of ether oxygens (including phenoxy) is 1. The van der Waals surface area contributed by atoms with E-state index in [1.54, 1.807) is 12.1 Å². The molecule has 0 aliphatic heterocycles. The van der Waals surface area contributed by atoms with Crippen molar-refractivity contribution in [3.05, 3.63) is 34.9 Å². The van der Waals surface area contributed by atoms with Crippen LogP contribution < -0.4 is 5.32 Å². The number of likely N-dealkylation sites (N-methyl/N-ethyl adjacent to an activating group) is 1. The van der Waals surface area contributed by atoms with Crippen molar-refractivity contribution in [2.45, 2.75) is 18.9 Å². The molecule has 4 nitrogen and oxygen atoms in total. The van der Waals surface area contributed by atoms with Crippen LogP contribution in [-0.2, 0) is 15.1 Å². The third-order valence-electron chi connectivity index (χ3n) is 3.39. The van der Waals surface area contributed by atoms with Crippen LogP contribution in [0, 0.1) is 0 Å². The van der Waals surface area contributed by atoms with E-state index >= 15 is 0 Å². The van der Waals surface area contributed by atoms with Crippen LogP contribution in [0.25, 0.3) is 0 Å². The molecule has 0 amide bonds. The van der Waals surface area contributed by atoms with Gasteiger partial charge in [-0.3, -0.25) is 5.32 Å². The summed E-state index contributed by atoms with van der Waals surface area (Å²) in [6.07, 6.45) is 0.606. The van der Waals surface area contributed by atoms with E-state index in [0.29, 0.717) is 18.0 Å². The minimum atomic E-state index is -0.824. The molecule has 0 aliphatic rings. The topological polar surface area (TPSA) is 41.6 Å². The van der Waals surface area contributed by atoms with Crippen molar-refractivity contribution in [1.82, 2.24) is 10.2 Å². The molecule has 0 spiro atoms. The summed E-state index contributed by atoms with van der Waals surface area (Å²) in [6.45, 7) is 3.50. The molecule has 5 heteroatoms. The minimum Gasteiger partial charge on any atom is -0.467 e. The van der Waals surface area contributed by atoms with Crippen LogP contribution in [0.2, 0.25) is 5.02 Å². The second-order valence-corrected chi connectivity index (χ2v) is 5.42. The SMILES string of the molecule is CCC(NCCN(C)C)(C(=O)OC)c1ccc(Cl)cc1. The van der Waals surface area contributed by atoms with Crippen LogP contribution in [0.1, 0.15) is 18.9 Å². The summed E-state index contributed by atoms with van der Waals surface area (Å²) >= 11 is 5.92. The molecule has 1 N–H and O–H groups in total. The lowest BCUT2D eigenvalue weighted by Crippen LogP contribution is -2.51. The number of esters is 1. The number of hydrogen-bond acceptors (Lipinski definition) is 4. The maximum Gasteiger partial charge on any atom is 0.330 e. The molecular formula is C15H23ClN2O2. The quantitative estimate of drug-likeness (QED) is 0.784. The van der Waals surface area contributed by atoms with Gasteiger partial charge in [-0.15, -0.1) is 0 Å². The van der Waals surface area contributed by atoms with E-state index in [1.807, 2.05) is 33.2 Å². The van der Waals surface area contributed by atoms with Gasteiger partial charge in [0.1, 0.15) is 5.54 Å². The standard InChI is InChI=1S/C15H23ClN2O2/c1-5-15(14(19)20-4,17-10-11-18(2)3)12-6-8-13(16)9-7-12/h6-9,17H,5,10-11H2,1-4H3. The van der Waals surface area contributed by atoms with Crippen LogP contribution in [0.5, 0.6) is 0 Å². The first-order chi connectivity index (χ1) is 9.46. The fourth-order valence-electron chi connectivity index (χ4n) is 2.17. The predicted molar refractivity (Wildman–Crippen MR) is 82.0 cm³/mol. The highest BCUT2D eigenvalue weighted by atomic mass is 35.5. The van der Waals surface area contributed by atoms with Crippen LogP contribution in [-0.4, -0.2) is 45.2 Å². The molecule has 0 saturated heterocycles. The van der Waals surface area contributed by atoms with Crippen molar-refractivity contribution >= 4 is 17.6 Å². The van der Waals surface area contributed by atoms with Gasteiger partial charge >= 0.3 is 5.97 Å². The first-order valence-electron chi connectivity index (χ1n) is 6.70. The summed E-state index contributed by atoms with van der Waals surface area (Å²) < 4.78 is 5.00. The first-order valence-corrected chi connectivity index (χ1v) is 7.08. The van der Waals surface area contributed by atoms with Gasteiger partial charge in [-0.25, -0.2) is 4.79 Å². The number of rotatable bonds is 7. The Morgan fingerprint density at radius 3 is 2.40 bits per heavy atom. The summed E-state index contributed by atoms with van der Waals surface area (Å²) in [4.78, 5) is 14.4. The Hall–Kier alpha value is -1.10. The van der Waals surface area contributed by atoms with Crippen LogP contribution in [0.4, 0.5) is 0 Å². The van der Waals surface area contributed by atoms with E-state index in [2.05, 4.69) is 10.2 Å². The van der Waals surface area contributed by atoms with Gasteiger partial charge in [0, 0.05) is 18.1 Å². The fourth-order valence-corrected chi connectivity index (χ4v) is 2.29. The zero-order chi connectivity index (χ0) is 15.2. The number of benzene rings is 1. The summed E-state index contributed by atoms with van der Waals surface area (Å²) in [5, 5.41) is 3.99. The Labute approximate surface area is 126 Å². The molecule has 0 aliphatic carbocycles. The summed E-state index contributed by atoms with van der Waals surface area (Å²) in [5.41, 5.74) is 0.0463. The minimum absolute atomic E-state index is 0.277. The number of halogens is 1. The summed E-state index contributed by atoms with van der Waals surface area (Å²) in [6, 6.07) is 7.31. The second kappa shape index (κ2) is 7.62. The van der Waals surface area contributed by atoms with Crippen molar-refractivity contribution < 1.29 is 9.53 Å². The third-order valence-corrected chi connectivity index (χ3v) is 3.64. The van der Waals surface area contributed by atoms with E-state index in [9.17, 15) is 4.79 Å². The van der Waals surface area contributed by atoms with Gasteiger partial charge in [0.15, 0.2) is 0 Å². The average Bonchev–Trinajstić information content (AvgIpc) is 2.44. The first kappa shape index (κ1) is 17.0. The Morgan fingerprint density at radius 2 is 1.95 bits per heavy atom. The highest BCUT2D eigenvalue weighted by Crippen LogP contribution is 2.27. The molecule has 0 heterocycles. The predicted octanol–water partition coefficient (Wildman–Crippen LogP) is 2.27. The van der Waals surface area contributed by atoms with Crippen LogP contribution in [0.15, 0.2) is 24.3 Å². The molecular weight excluding hydrogens is 276 g/mol. The Balaban J connectivity index is 3.04. The van der Waals surface area contributed by atoms with E-state index in [-0.39, 0.29) is 5.97 Å². The monoisotopic (exact) mass is 298 g/mol. The summed E-state index contributed by atoms with van der Waals surface area (Å²) in [5.74, 6) is -0.277. The molecule has 0 fully saturated rings. The maximum atomic E-state index is 12.3. The van der Waals surface area contributed by atoms with Crippen LogP contribution in [0.3, 0.4) is 0 Å². The Morgan fingerprint density at radius 1 is 1.35 bits per heavy atom. The van der Waals surface area contributed by atoms with Gasteiger partial charge in [-0.05, 0) is 38.2 Å². The van der Waals surface area contributed by atoms with Gasteiger partial charge < -0.3 is 9.64 Å². The number of carbonyl (C=O) groups excluding carboxylic acids is 1. The number of hydrogen-bond donors (Lipinski definition) is 1. The van der Waals surface area contributed by atoms with Crippen LogP contribution >= 0.6 is 11.6 Å². The van der Waals surface area contributed by atoms with Gasteiger partial charge in [0.05, 0.1) is 7.11 Å². The molecule has 1 unspecified atom stereocenters. The lowest BCUT2D eigenvalue weighted by Gasteiger charge is -2.32. The third kappa shape index (κ3) is 3.95. The van der Waals surface area contributed by atoms with Crippen molar-refractivity contribution in [1.29, 1.82) is 0 Å². The lowest BCUT2D eigenvalue weighted by molar-refractivity contribution is -0.149. The molecule has 0 saturated carbocycles. The maximum absolute atomic E-state index is 12.3. The molecule has 1 atom stereocenters. The number of carbonyl (C=O) groups is 1. The van der Waals surface area contributed by atoms with Crippen molar-refractivity contribution in [2.24, 2.45) is 0 Å². The van der Waals surface area contributed by atoms with Gasteiger partial charge in [0.2, 0.25) is 0 Å². The zero-order valence-electron chi connectivity index (χ0n) is 12.6. The van der Waals surface area contributed by atoms with Gasteiger partial charge in [0.25, 0.3) is 0 Å². The molecule has 0 aromatic heterocycles. The van der Waals surface area contributed by atoms with E-state index < -0.39 is 5.54 Å². The highest BCUT2D eigenvalue weighted by molar-refractivity contribution is 6.30. The number of methoxy groups -OCH3 is 1. The van der Waals surface area contributed by atoms with E-state index in [1.165, 1.54) is 7.11 Å². The Kier molecular flexibility index (Phi) is 6.46. The van der Waals surface area contributed by atoms with E-state index in [0.717, 1.165) is 12.1 Å². The number of nitrogens with zero attached hydrogens (tertiary/aromatic N) is 1. The largest absolute Gasteiger partial charge is 0.467 e. The smallest absolute Gasteiger partial charge is 0.330 e. The molecule has 1 rings (SSSR count). The van der Waals surface area contributed by atoms with Crippen molar-refractivity contribution in [3.63, 3.8) is 0 Å². The summed E-state index contributed by atoms with van der Waals surface area (Å²) in [7, 11) is 5.40. The molecule has 112 valence electrons. The molecule has 1 aromatic carbocycles. The van der Waals surface area contributed by atoms with E-state index in [4.69, 9.17) is 16.3 Å². The zero-order valence-corrected chi connectivity index (χ0v) is 13.3. The Bertz CT molecular complexity index is 434. The van der Waals surface area contributed by atoms with Gasteiger partial charge in [-0.2, -0.15) is 0 Å². The second-order valence-electron chi connectivity index (χ2n) is 4.99. The fraction of sp³-hybridized carbons (Fsp3) is 0.533. The van der Waals surface area contributed by atoms with Crippen molar-refractivity contribution in [2.75, 3.05) is 34.3 Å². The molecule has 0 bridgehead atoms. The average molecular weight is 299 g/mol. The lowest BCUT2D eigenvalue weighted by atomic mass is 9.87. The molecule has 0 radical (unpaired) electrons. The highest BCUT2D eigenvalue weighted by Gasteiger charge is 2.39. The molecule has 20 heavy (non-hydrogen) atoms. The molecule has 1 aromatic rings. The normalized spacial score (nSPS) is 14.1. The van der Waals surface area contributed by atoms with Crippen molar-refractivity contribution in [3.8, 4) is 0 Å². The number of nitrogens with one attached hydrogen (secondary N) is 1. The van der Waals surface area contributed by atoms with Gasteiger partial charge in [-0.1, -0.05) is 30.7 Å².